The SMILES string of the molecule is CC1CC(N2Cc3ccccc3C2)C2C=C3CCCCC3=CC12. The Bertz CT molecular complexity index is 658. The number of nitrogens with zero attached hydrogens (tertiary/aromatic N) is 1. The summed E-state index contributed by atoms with van der Waals surface area (Å²) in [6.45, 7) is 4.81. The zero-order valence-electron chi connectivity index (χ0n) is 14.2. The van der Waals surface area contributed by atoms with Crippen molar-refractivity contribution in [2.75, 3.05) is 0 Å². The van der Waals surface area contributed by atoms with Gasteiger partial charge in [-0.05, 0) is 72.1 Å². The highest BCUT2D eigenvalue weighted by Crippen LogP contribution is 2.49. The molecule has 120 valence electrons. The molecular weight excluding hydrogens is 278 g/mol. The molecule has 4 atom stereocenters. The van der Waals surface area contributed by atoms with Crippen LogP contribution in [0, 0.1) is 17.8 Å². The van der Waals surface area contributed by atoms with Gasteiger partial charge in [-0.2, -0.15) is 0 Å². The molecule has 5 rings (SSSR count). The predicted octanol–water partition coefficient (Wildman–Crippen LogP) is 5.08. The first-order chi connectivity index (χ1) is 11.3. The number of allylic oxidation sites excluding steroid dienone is 3. The van der Waals surface area contributed by atoms with Crippen LogP contribution in [0.4, 0.5) is 0 Å². The molecular formula is C22H27N. The van der Waals surface area contributed by atoms with Crippen LogP contribution < -0.4 is 0 Å². The monoisotopic (exact) mass is 305 g/mol. The van der Waals surface area contributed by atoms with Crippen LogP contribution in [0.2, 0.25) is 0 Å². The normalized spacial score (nSPS) is 36.0. The third kappa shape index (κ3) is 2.24. The molecule has 2 fully saturated rings. The fraction of sp³-hybridized carbons (Fsp3) is 0.545. The van der Waals surface area contributed by atoms with Crippen LogP contribution in [0.5, 0.6) is 0 Å². The van der Waals surface area contributed by atoms with Gasteiger partial charge in [0.25, 0.3) is 0 Å². The van der Waals surface area contributed by atoms with E-state index < -0.39 is 0 Å². The number of hydrogen-bond donors (Lipinski definition) is 0. The Kier molecular flexibility index (Phi) is 3.26. The lowest BCUT2D eigenvalue weighted by molar-refractivity contribution is 0.170. The minimum absolute atomic E-state index is 0.745. The number of hydrogen-bond acceptors (Lipinski definition) is 1. The fourth-order valence-electron chi connectivity index (χ4n) is 5.61. The highest BCUT2D eigenvalue weighted by Gasteiger charge is 2.44. The van der Waals surface area contributed by atoms with Crippen LogP contribution in [0.3, 0.4) is 0 Å². The topological polar surface area (TPSA) is 3.24 Å². The van der Waals surface area contributed by atoms with Crippen molar-refractivity contribution < 1.29 is 0 Å². The smallest absolute Gasteiger partial charge is 0.0243 e. The quantitative estimate of drug-likeness (QED) is 0.699. The first kappa shape index (κ1) is 14.0. The molecule has 0 amide bonds. The molecule has 1 aromatic rings. The Morgan fingerprint density at radius 1 is 0.870 bits per heavy atom. The van der Waals surface area contributed by atoms with E-state index in [-0.39, 0.29) is 0 Å². The van der Waals surface area contributed by atoms with E-state index >= 15 is 0 Å². The van der Waals surface area contributed by atoms with Crippen molar-refractivity contribution in [2.45, 2.75) is 58.2 Å². The molecule has 1 aromatic carbocycles. The van der Waals surface area contributed by atoms with Gasteiger partial charge in [-0.1, -0.05) is 43.3 Å². The largest absolute Gasteiger partial charge is 0.291 e. The summed E-state index contributed by atoms with van der Waals surface area (Å²) in [5, 5.41) is 0. The van der Waals surface area contributed by atoms with Crippen molar-refractivity contribution >= 4 is 0 Å². The molecule has 1 nitrogen and oxygen atoms in total. The molecule has 1 heteroatoms. The third-order valence-corrected chi connectivity index (χ3v) is 6.84. The van der Waals surface area contributed by atoms with Gasteiger partial charge < -0.3 is 0 Å². The standard InChI is InChI=1S/C22H27N/c1-15-10-22(23-13-18-8-4-5-9-19(18)14-23)21-12-17-7-3-2-6-16(17)11-20(15)21/h4-5,8-9,11-12,15,20-22H,2-3,6-7,10,13-14H2,1H3. The van der Waals surface area contributed by atoms with Gasteiger partial charge in [0.15, 0.2) is 0 Å². The number of rotatable bonds is 1. The van der Waals surface area contributed by atoms with Crippen molar-refractivity contribution in [1.82, 2.24) is 4.90 Å². The van der Waals surface area contributed by atoms with E-state index in [0.717, 1.165) is 36.9 Å². The van der Waals surface area contributed by atoms with Crippen LogP contribution in [0.25, 0.3) is 0 Å². The number of benzene rings is 1. The van der Waals surface area contributed by atoms with E-state index in [1.165, 1.54) is 32.1 Å². The van der Waals surface area contributed by atoms with Gasteiger partial charge in [0, 0.05) is 19.1 Å². The molecule has 0 spiro atoms. The molecule has 3 aliphatic carbocycles. The van der Waals surface area contributed by atoms with E-state index in [4.69, 9.17) is 0 Å². The lowest BCUT2D eigenvalue weighted by Gasteiger charge is -2.34. The summed E-state index contributed by atoms with van der Waals surface area (Å²) in [7, 11) is 0. The minimum atomic E-state index is 0.745. The Labute approximate surface area is 140 Å². The first-order valence-electron chi connectivity index (χ1n) is 9.52. The van der Waals surface area contributed by atoms with E-state index in [0.29, 0.717) is 0 Å². The van der Waals surface area contributed by atoms with Crippen LogP contribution in [-0.4, -0.2) is 10.9 Å². The maximum Gasteiger partial charge on any atom is 0.0243 e. The Morgan fingerprint density at radius 2 is 1.48 bits per heavy atom. The van der Waals surface area contributed by atoms with Gasteiger partial charge in [0.2, 0.25) is 0 Å². The first-order valence-corrected chi connectivity index (χ1v) is 9.52. The van der Waals surface area contributed by atoms with Crippen molar-refractivity contribution in [3.05, 3.63) is 58.7 Å². The lowest BCUT2D eigenvalue weighted by atomic mass is 9.76. The van der Waals surface area contributed by atoms with Crippen molar-refractivity contribution in [1.29, 1.82) is 0 Å². The summed E-state index contributed by atoms with van der Waals surface area (Å²) in [4.78, 5) is 2.77. The fourth-order valence-corrected chi connectivity index (χ4v) is 5.61. The van der Waals surface area contributed by atoms with Crippen LogP contribution in [-0.2, 0) is 13.1 Å². The van der Waals surface area contributed by atoms with Gasteiger partial charge in [0.05, 0.1) is 0 Å². The summed E-state index contributed by atoms with van der Waals surface area (Å²) >= 11 is 0. The Balaban J connectivity index is 1.43. The van der Waals surface area contributed by atoms with Gasteiger partial charge in [-0.15, -0.1) is 0 Å². The summed E-state index contributed by atoms with van der Waals surface area (Å²) in [6.07, 6.45) is 12.2. The van der Waals surface area contributed by atoms with Crippen molar-refractivity contribution in [2.24, 2.45) is 17.8 Å². The van der Waals surface area contributed by atoms with Gasteiger partial charge in [0.1, 0.15) is 0 Å². The van der Waals surface area contributed by atoms with Crippen LogP contribution >= 0.6 is 0 Å². The molecule has 4 unspecified atom stereocenters. The summed E-state index contributed by atoms with van der Waals surface area (Å²) in [5.41, 5.74) is 6.52. The second-order valence-corrected chi connectivity index (χ2v) is 8.20. The second kappa shape index (κ2) is 5.34. The molecule has 1 aliphatic heterocycles. The maximum absolute atomic E-state index is 2.77. The molecule has 0 N–H and O–H groups in total. The van der Waals surface area contributed by atoms with Crippen LogP contribution in [0.1, 0.15) is 50.2 Å². The Morgan fingerprint density at radius 3 is 2.13 bits per heavy atom. The maximum atomic E-state index is 2.77. The van der Waals surface area contributed by atoms with Gasteiger partial charge in [-0.25, -0.2) is 0 Å². The highest BCUT2D eigenvalue weighted by atomic mass is 15.2. The Hall–Kier alpha value is -1.34. The van der Waals surface area contributed by atoms with Crippen molar-refractivity contribution in [3.8, 4) is 0 Å². The molecule has 0 radical (unpaired) electrons. The van der Waals surface area contributed by atoms with Gasteiger partial charge in [-0.3, -0.25) is 4.90 Å². The molecule has 0 aromatic heterocycles. The van der Waals surface area contributed by atoms with E-state index in [9.17, 15) is 0 Å². The van der Waals surface area contributed by atoms with Gasteiger partial charge >= 0.3 is 0 Å². The summed E-state index contributed by atoms with van der Waals surface area (Å²) in [5.74, 6) is 2.39. The average molecular weight is 305 g/mol. The molecule has 0 saturated heterocycles. The van der Waals surface area contributed by atoms with Crippen molar-refractivity contribution in [3.63, 3.8) is 0 Å². The zero-order chi connectivity index (χ0) is 15.4. The third-order valence-electron chi connectivity index (χ3n) is 6.84. The summed E-state index contributed by atoms with van der Waals surface area (Å²) in [6, 6.07) is 9.78. The molecule has 2 saturated carbocycles. The molecule has 4 aliphatic rings. The number of fused-ring (bicyclic) bond motifs is 3. The van der Waals surface area contributed by atoms with E-state index in [1.807, 2.05) is 0 Å². The average Bonchev–Trinajstić information content (AvgIpc) is 3.14. The second-order valence-electron chi connectivity index (χ2n) is 8.20. The minimum Gasteiger partial charge on any atom is -0.291 e. The molecule has 0 bridgehead atoms. The zero-order valence-corrected chi connectivity index (χ0v) is 14.2. The molecule has 1 heterocycles. The van der Waals surface area contributed by atoms with Crippen LogP contribution in [0.15, 0.2) is 47.6 Å². The predicted molar refractivity (Wildman–Crippen MR) is 94.9 cm³/mol. The molecule has 23 heavy (non-hydrogen) atoms. The summed E-state index contributed by atoms with van der Waals surface area (Å²) < 4.78 is 0. The van der Waals surface area contributed by atoms with E-state index in [2.05, 4.69) is 48.2 Å². The lowest BCUT2D eigenvalue weighted by Crippen LogP contribution is -2.35. The highest BCUT2D eigenvalue weighted by molar-refractivity contribution is 5.39. The van der Waals surface area contributed by atoms with E-state index in [1.54, 1.807) is 22.3 Å².